The summed E-state index contributed by atoms with van der Waals surface area (Å²) in [6, 6.07) is 17.8. The largest absolute Gasteiger partial charge is 0.464 e. The van der Waals surface area contributed by atoms with Gasteiger partial charge in [0.05, 0.1) is 66.5 Å². The quantitative estimate of drug-likeness (QED) is 0.0819. The van der Waals surface area contributed by atoms with E-state index in [-0.39, 0.29) is 59.6 Å². The molecule has 7 aromatic rings. The summed E-state index contributed by atoms with van der Waals surface area (Å²) in [5.74, 6) is -4.21. The van der Waals surface area contributed by atoms with Crippen molar-refractivity contribution in [3.63, 3.8) is 0 Å². The van der Waals surface area contributed by atoms with Crippen LogP contribution in [0.2, 0.25) is 5.15 Å². The van der Waals surface area contributed by atoms with E-state index in [0.717, 1.165) is 5.56 Å². The first-order chi connectivity index (χ1) is 27.9. The molecule has 58 heavy (non-hydrogen) atoms. The van der Waals surface area contributed by atoms with Crippen LogP contribution in [0.1, 0.15) is 30.2 Å². The Morgan fingerprint density at radius 3 is 2.66 bits per heavy atom. The number of rotatable bonds is 11. The van der Waals surface area contributed by atoms with Gasteiger partial charge in [-0.2, -0.15) is 10.2 Å². The van der Waals surface area contributed by atoms with Gasteiger partial charge >= 0.3 is 5.97 Å². The second-order valence-corrected chi connectivity index (χ2v) is 14.6. The third-order valence-corrected chi connectivity index (χ3v) is 10.2. The number of carbonyl (C=O) groups is 1. The van der Waals surface area contributed by atoms with E-state index in [0.29, 0.717) is 27.8 Å². The fourth-order valence-electron chi connectivity index (χ4n) is 7.31. The monoisotopic (exact) mass is 808 g/mol. The first kappa shape index (κ1) is 38.5. The normalized spacial score (nSPS) is 17.3. The van der Waals surface area contributed by atoms with E-state index < -0.39 is 42.3 Å². The van der Waals surface area contributed by atoms with Crippen LogP contribution >= 0.6 is 11.6 Å². The molecule has 1 aliphatic heterocycles. The van der Waals surface area contributed by atoms with Gasteiger partial charge in [-0.25, -0.2) is 37.9 Å². The number of piperidine rings is 1. The lowest BCUT2D eigenvalue weighted by molar-refractivity contribution is -0.144. The Kier molecular flexibility index (Phi) is 10.3. The summed E-state index contributed by atoms with van der Waals surface area (Å²) in [5, 5.41) is 13.7. The van der Waals surface area contributed by atoms with Crippen molar-refractivity contribution in [2.75, 3.05) is 24.6 Å². The van der Waals surface area contributed by atoms with E-state index in [1.165, 1.54) is 29.8 Å². The van der Waals surface area contributed by atoms with E-state index in [2.05, 4.69) is 40.2 Å². The number of ether oxygens (including phenoxy) is 1. The molecule has 6 heterocycles. The zero-order chi connectivity index (χ0) is 40.6. The number of carbonyl (C=O) groups excluding carboxylic acids is 1. The number of esters is 1. The molecule has 1 saturated heterocycles. The fraction of sp³-hybridized carbons (Fsp3) is 0.275. The molecule has 5 aromatic heterocycles. The molecular weight excluding hydrogens is 773 g/mol. The first-order valence-electron chi connectivity index (χ1n) is 18.3. The minimum atomic E-state index is -3.23. The summed E-state index contributed by atoms with van der Waals surface area (Å²) >= 11 is 6.17. The zero-order valence-electron chi connectivity index (χ0n) is 31.3. The van der Waals surface area contributed by atoms with Crippen molar-refractivity contribution in [1.82, 2.24) is 39.3 Å². The molecule has 1 aliphatic rings. The summed E-state index contributed by atoms with van der Waals surface area (Å²) < 4.78 is 55.7. The second kappa shape index (κ2) is 15.5. The number of aromatic nitrogens is 8. The molecule has 0 bridgehead atoms. The maximum Gasteiger partial charge on any atom is 0.333 e. The maximum atomic E-state index is 15.7. The average molecular weight is 809 g/mol. The number of fused-ring (bicyclic) bond motifs is 2. The standard InChI is InChI=1S/C40H36ClF3N12O2/c1-3-58-38(57)30(12-24-8-5-4-6-9-24)52-53-36-35-37(48-22-47-36)55(23-49-35)18-26-14-29(27-13-25-16-50-54(2)31(25)15-28(27)42)46-17-32(26)56-20-39(45,19-40(43,44)21-56)33-10-7-11-34(41)51-33/h4-11,13-17,22-23,30H,3,12,18-21,45H2,1-2H3/t30?,39-/m1/s1. The number of azo groups is 1. The highest BCUT2D eigenvalue weighted by Gasteiger charge is 2.49. The second-order valence-electron chi connectivity index (χ2n) is 14.2. The number of benzene rings is 2. The number of imidazole rings is 1. The van der Waals surface area contributed by atoms with Crippen molar-refractivity contribution >= 4 is 51.1 Å². The molecule has 8 rings (SSSR count). The molecule has 296 valence electrons. The molecule has 0 aliphatic carbocycles. The number of hydrogen-bond donors (Lipinski definition) is 1. The first-order valence-corrected chi connectivity index (χ1v) is 18.7. The molecule has 1 fully saturated rings. The van der Waals surface area contributed by atoms with Gasteiger partial charge in [0, 0.05) is 43.5 Å². The van der Waals surface area contributed by atoms with E-state index in [1.807, 2.05) is 30.3 Å². The highest BCUT2D eigenvalue weighted by atomic mass is 35.5. The molecule has 2 atom stereocenters. The zero-order valence-corrected chi connectivity index (χ0v) is 32.1. The van der Waals surface area contributed by atoms with E-state index in [9.17, 15) is 4.79 Å². The predicted octanol–water partition coefficient (Wildman–Crippen LogP) is 6.97. The van der Waals surface area contributed by atoms with Crippen molar-refractivity contribution in [2.45, 2.75) is 43.8 Å². The highest BCUT2D eigenvalue weighted by Crippen LogP contribution is 2.41. The summed E-state index contributed by atoms with van der Waals surface area (Å²) in [6.07, 6.45) is 5.45. The Hall–Kier alpha value is -6.33. The van der Waals surface area contributed by atoms with Crippen LogP contribution in [0.3, 0.4) is 0 Å². The van der Waals surface area contributed by atoms with Crippen molar-refractivity contribution in [1.29, 1.82) is 0 Å². The van der Waals surface area contributed by atoms with Crippen molar-refractivity contribution in [2.24, 2.45) is 23.0 Å². The van der Waals surface area contributed by atoms with Gasteiger partial charge in [-0.3, -0.25) is 9.67 Å². The predicted molar refractivity (Wildman–Crippen MR) is 210 cm³/mol. The van der Waals surface area contributed by atoms with Crippen LogP contribution in [0.5, 0.6) is 0 Å². The van der Waals surface area contributed by atoms with Gasteiger partial charge < -0.3 is 19.9 Å². The van der Waals surface area contributed by atoms with Crippen LogP contribution in [-0.4, -0.2) is 76.9 Å². The van der Waals surface area contributed by atoms with Gasteiger partial charge in [0.2, 0.25) is 5.82 Å². The molecule has 2 N–H and O–H groups in total. The van der Waals surface area contributed by atoms with E-state index in [1.54, 1.807) is 59.7 Å². The molecule has 14 nitrogen and oxygen atoms in total. The SMILES string of the molecule is CCOC(=O)C(Cc1ccccc1)N=Nc1ncnc2c1ncn2Cc1cc(-c2cc3cnn(C)c3cc2F)ncc1N1CC(F)(F)C[C@](N)(c2cccc(Cl)n2)C1. The van der Waals surface area contributed by atoms with Gasteiger partial charge in [0.25, 0.3) is 5.92 Å². The Labute approximate surface area is 334 Å². The lowest BCUT2D eigenvalue weighted by Gasteiger charge is -2.45. The van der Waals surface area contributed by atoms with Gasteiger partial charge in [-0.05, 0) is 42.3 Å². The maximum absolute atomic E-state index is 15.7. The topological polar surface area (TPSA) is 167 Å². The van der Waals surface area contributed by atoms with Crippen LogP contribution < -0.4 is 10.6 Å². The van der Waals surface area contributed by atoms with Crippen LogP contribution in [0.4, 0.5) is 24.7 Å². The Morgan fingerprint density at radius 1 is 1.03 bits per heavy atom. The molecule has 0 amide bonds. The number of pyridine rings is 2. The summed E-state index contributed by atoms with van der Waals surface area (Å²) in [4.78, 5) is 36.5. The molecule has 1 unspecified atom stereocenters. The number of alkyl halides is 2. The lowest BCUT2D eigenvalue weighted by Crippen LogP contribution is -2.59. The van der Waals surface area contributed by atoms with Gasteiger partial charge in [-0.1, -0.05) is 48.0 Å². The molecule has 18 heteroatoms. The van der Waals surface area contributed by atoms with Crippen molar-refractivity contribution in [3.05, 3.63) is 120 Å². The number of halogens is 4. The number of aryl methyl sites for hydroxylation is 1. The number of anilines is 1. The highest BCUT2D eigenvalue weighted by molar-refractivity contribution is 6.29. The minimum absolute atomic E-state index is 0.0280. The van der Waals surface area contributed by atoms with E-state index in [4.69, 9.17) is 22.1 Å². The summed E-state index contributed by atoms with van der Waals surface area (Å²) in [7, 11) is 1.71. The number of nitrogens with two attached hydrogens (primary N) is 1. The third-order valence-electron chi connectivity index (χ3n) is 9.96. The van der Waals surface area contributed by atoms with Gasteiger partial charge in [0.15, 0.2) is 17.2 Å². The fourth-order valence-corrected chi connectivity index (χ4v) is 7.47. The molecule has 0 spiro atoms. The van der Waals surface area contributed by atoms with Crippen molar-refractivity contribution in [3.8, 4) is 11.3 Å². The number of hydrogen-bond acceptors (Lipinski definition) is 12. The third kappa shape index (κ3) is 7.82. The van der Waals surface area contributed by atoms with Gasteiger partial charge in [0.1, 0.15) is 17.3 Å². The van der Waals surface area contributed by atoms with Crippen molar-refractivity contribution < 1.29 is 22.7 Å². The van der Waals surface area contributed by atoms with E-state index >= 15 is 13.2 Å². The Morgan fingerprint density at radius 2 is 1.86 bits per heavy atom. The Balaban J connectivity index is 1.19. The summed E-state index contributed by atoms with van der Waals surface area (Å²) in [6.45, 7) is 1.19. The molecule has 2 aromatic carbocycles. The van der Waals surface area contributed by atoms with Crippen LogP contribution in [0.25, 0.3) is 33.3 Å². The van der Waals surface area contributed by atoms with Crippen LogP contribution in [-0.2, 0) is 35.1 Å². The summed E-state index contributed by atoms with van der Waals surface area (Å²) in [5.41, 5.74) is 8.73. The van der Waals surface area contributed by atoms with Crippen LogP contribution in [0.15, 0.2) is 102 Å². The Bertz CT molecular complexity index is 2670. The van der Waals surface area contributed by atoms with Gasteiger partial charge in [-0.15, -0.1) is 5.11 Å². The molecule has 0 radical (unpaired) electrons. The lowest BCUT2D eigenvalue weighted by atomic mass is 9.84. The van der Waals surface area contributed by atoms with Crippen LogP contribution in [0, 0.1) is 5.82 Å². The smallest absolute Gasteiger partial charge is 0.333 e. The average Bonchev–Trinajstić information content (AvgIpc) is 3.78. The molecular formula is C40H36ClF3N12O2. The minimum Gasteiger partial charge on any atom is -0.464 e. The number of nitrogens with zero attached hydrogens (tertiary/aromatic N) is 11. The molecule has 0 saturated carbocycles.